The molecule has 9 nitrogen and oxygen atoms in total. The lowest BCUT2D eigenvalue weighted by molar-refractivity contribution is 0.0691. The second-order valence-electron chi connectivity index (χ2n) is 9.69. The Morgan fingerprint density at radius 1 is 1.05 bits per heavy atom. The normalized spacial score (nSPS) is 14.2. The lowest BCUT2D eigenvalue weighted by atomic mass is 10.0. The first-order valence-electron chi connectivity index (χ1n) is 12.7. The molecule has 0 amide bonds. The first kappa shape index (κ1) is 26.2. The van der Waals surface area contributed by atoms with Gasteiger partial charge in [-0.25, -0.2) is 19.7 Å². The average Bonchev–Trinajstić information content (AvgIpc) is 2.93. The molecule has 0 spiro atoms. The number of benzene rings is 2. The molecule has 4 aromatic rings. The Morgan fingerprint density at radius 3 is 2.46 bits per heavy atom. The molecular weight excluding hydrogens is 514 g/mol. The maximum atomic E-state index is 11.8. The highest BCUT2D eigenvalue weighted by Crippen LogP contribution is 2.31. The summed E-state index contributed by atoms with van der Waals surface area (Å²) in [4.78, 5) is 29.9. The minimum Gasteiger partial charge on any atom is -0.476 e. The molecule has 1 saturated heterocycles. The third kappa shape index (κ3) is 5.29. The molecule has 198 valence electrons. The van der Waals surface area contributed by atoms with Crippen molar-refractivity contribution in [2.24, 2.45) is 0 Å². The van der Waals surface area contributed by atoms with E-state index in [0.29, 0.717) is 41.3 Å². The lowest BCUT2D eigenvalue weighted by Crippen LogP contribution is -2.47. The number of halogens is 1. The van der Waals surface area contributed by atoms with Crippen molar-refractivity contribution in [2.45, 2.75) is 26.8 Å². The summed E-state index contributed by atoms with van der Waals surface area (Å²) in [5.41, 5.74) is 6.01. The number of carboxylic acid groups (broad SMARTS) is 1. The van der Waals surface area contributed by atoms with Gasteiger partial charge in [-0.3, -0.25) is 0 Å². The van der Waals surface area contributed by atoms with Gasteiger partial charge in [-0.1, -0.05) is 35.9 Å². The van der Waals surface area contributed by atoms with E-state index in [9.17, 15) is 15.2 Å². The van der Waals surface area contributed by atoms with Crippen LogP contribution in [0.3, 0.4) is 0 Å². The average molecular weight is 542 g/mol. The van der Waals surface area contributed by atoms with Crippen LogP contribution in [-0.2, 0) is 0 Å². The smallest absolute Gasteiger partial charge is 0.356 e. The number of carboxylic acids is 1. The molecule has 0 saturated carbocycles. The van der Waals surface area contributed by atoms with Gasteiger partial charge in [-0.15, -0.1) is 0 Å². The SMILES string of the molecule is Cc1cc([C@@H](C)Nc2ccc(Cl)nc2C(=O)O)c2nc(N3CCN(c4ccccc4C)CC3)c(C#N)nc2c1. The van der Waals surface area contributed by atoms with Crippen LogP contribution < -0.4 is 15.1 Å². The Kier molecular flexibility index (Phi) is 7.22. The molecule has 10 heteroatoms. The largest absolute Gasteiger partial charge is 0.476 e. The van der Waals surface area contributed by atoms with Gasteiger partial charge in [0.25, 0.3) is 0 Å². The van der Waals surface area contributed by atoms with Gasteiger partial charge in [0.05, 0.1) is 22.8 Å². The quantitative estimate of drug-likeness (QED) is 0.311. The summed E-state index contributed by atoms with van der Waals surface area (Å²) in [5, 5.41) is 22.9. The lowest BCUT2D eigenvalue weighted by Gasteiger charge is -2.37. The number of hydrogen-bond donors (Lipinski definition) is 2. The van der Waals surface area contributed by atoms with Gasteiger partial charge in [0.2, 0.25) is 0 Å². The van der Waals surface area contributed by atoms with Crippen molar-refractivity contribution in [3.63, 3.8) is 0 Å². The van der Waals surface area contributed by atoms with E-state index in [1.54, 1.807) is 12.1 Å². The Balaban J connectivity index is 1.48. The van der Waals surface area contributed by atoms with Crippen LogP contribution in [0.25, 0.3) is 11.0 Å². The predicted molar refractivity (Wildman–Crippen MR) is 153 cm³/mol. The summed E-state index contributed by atoms with van der Waals surface area (Å²) in [6.45, 7) is 9.00. The van der Waals surface area contributed by atoms with E-state index in [1.807, 2.05) is 32.0 Å². The van der Waals surface area contributed by atoms with Crippen LogP contribution in [0.15, 0.2) is 48.5 Å². The number of anilines is 3. The number of rotatable bonds is 6. The number of pyridine rings is 1. The van der Waals surface area contributed by atoms with Gasteiger partial charge in [0, 0.05) is 37.4 Å². The Morgan fingerprint density at radius 2 is 1.77 bits per heavy atom. The molecule has 1 aliphatic rings. The third-order valence-electron chi connectivity index (χ3n) is 6.97. The summed E-state index contributed by atoms with van der Waals surface area (Å²) in [7, 11) is 0. The maximum absolute atomic E-state index is 11.8. The van der Waals surface area contributed by atoms with Crippen molar-refractivity contribution in [3.8, 4) is 6.07 Å². The zero-order valence-corrected chi connectivity index (χ0v) is 22.7. The maximum Gasteiger partial charge on any atom is 0.356 e. The van der Waals surface area contributed by atoms with Crippen LogP contribution in [-0.4, -0.2) is 52.2 Å². The van der Waals surface area contributed by atoms with E-state index in [4.69, 9.17) is 21.6 Å². The first-order valence-corrected chi connectivity index (χ1v) is 13.1. The van der Waals surface area contributed by atoms with Crippen LogP contribution in [0.4, 0.5) is 17.2 Å². The number of nitrogens with zero attached hydrogens (tertiary/aromatic N) is 6. The molecular formula is C29H28ClN7O2. The highest BCUT2D eigenvalue weighted by atomic mass is 35.5. The topological polar surface area (TPSA) is 118 Å². The van der Waals surface area contributed by atoms with Gasteiger partial charge in [-0.2, -0.15) is 5.26 Å². The zero-order chi connectivity index (χ0) is 27.7. The standard InChI is InChI=1S/C29H28ClN7O2/c1-17-14-20(19(3)32-21-8-9-25(30)34-27(21)29(38)39)26-22(15-17)33-23(16-31)28(35-26)37-12-10-36(11-13-37)24-7-5-4-6-18(24)2/h4-9,14-15,19,32H,10-13H2,1-3H3,(H,38,39)/t19-/m1/s1. The van der Waals surface area contributed by atoms with E-state index in [2.05, 4.69) is 51.3 Å². The van der Waals surface area contributed by atoms with Crippen molar-refractivity contribution in [3.05, 3.63) is 81.8 Å². The molecule has 39 heavy (non-hydrogen) atoms. The van der Waals surface area contributed by atoms with Gasteiger partial charge in [0.1, 0.15) is 11.2 Å². The summed E-state index contributed by atoms with van der Waals surface area (Å²) in [6, 6.07) is 17.3. The van der Waals surface area contributed by atoms with Crippen LogP contribution in [0, 0.1) is 25.2 Å². The molecule has 1 fully saturated rings. The molecule has 0 radical (unpaired) electrons. The van der Waals surface area contributed by atoms with Crippen LogP contribution in [0.2, 0.25) is 5.15 Å². The number of nitrogens with one attached hydrogen (secondary N) is 1. The predicted octanol–water partition coefficient (Wildman–Crippen LogP) is 5.36. The number of aromatic carboxylic acids is 1. The Hall–Kier alpha value is -4.42. The number of aromatic nitrogens is 3. The van der Waals surface area contributed by atoms with Crippen molar-refractivity contribution >= 4 is 45.8 Å². The van der Waals surface area contributed by atoms with E-state index in [-0.39, 0.29) is 16.9 Å². The second-order valence-corrected chi connectivity index (χ2v) is 10.1. The summed E-state index contributed by atoms with van der Waals surface area (Å²) in [6.07, 6.45) is 0. The highest BCUT2D eigenvalue weighted by Gasteiger charge is 2.24. The summed E-state index contributed by atoms with van der Waals surface area (Å²) in [5.74, 6) is -0.613. The molecule has 3 heterocycles. The van der Waals surface area contributed by atoms with Crippen LogP contribution in [0.1, 0.15) is 45.8 Å². The highest BCUT2D eigenvalue weighted by molar-refractivity contribution is 6.29. The molecule has 5 rings (SSSR count). The first-order chi connectivity index (χ1) is 18.7. The van der Waals surface area contributed by atoms with Crippen LogP contribution >= 0.6 is 11.6 Å². The molecule has 2 aromatic heterocycles. The van der Waals surface area contributed by atoms with Crippen molar-refractivity contribution in [2.75, 3.05) is 41.3 Å². The fourth-order valence-corrected chi connectivity index (χ4v) is 5.20. The molecule has 0 unspecified atom stereocenters. The third-order valence-corrected chi connectivity index (χ3v) is 7.18. The molecule has 1 atom stereocenters. The van der Waals surface area contributed by atoms with E-state index in [1.165, 1.54) is 11.3 Å². The minimum atomic E-state index is -1.17. The van der Waals surface area contributed by atoms with Gasteiger partial charge >= 0.3 is 5.97 Å². The number of piperazine rings is 1. The van der Waals surface area contributed by atoms with Gasteiger partial charge in [-0.05, 0) is 56.2 Å². The molecule has 2 N–H and O–H groups in total. The number of para-hydroxylation sites is 1. The zero-order valence-electron chi connectivity index (χ0n) is 21.9. The molecule has 0 bridgehead atoms. The van der Waals surface area contributed by atoms with Crippen molar-refractivity contribution in [1.82, 2.24) is 15.0 Å². The summed E-state index contributed by atoms with van der Waals surface area (Å²) >= 11 is 5.93. The van der Waals surface area contributed by atoms with Gasteiger partial charge in [0.15, 0.2) is 17.2 Å². The van der Waals surface area contributed by atoms with E-state index < -0.39 is 5.97 Å². The van der Waals surface area contributed by atoms with Crippen LogP contribution in [0.5, 0.6) is 0 Å². The number of carbonyl (C=O) groups is 1. The minimum absolute atomic E-state index is 0.105. The Bertz CT molecular complexity index is 1610. The van der Waals surface area contributed by atoms with E-state index in [0.717, 1.165) is 24.2 Å². The summed E-state index contributed by atoms with van der Waals surface area (Å²) < 4.78 is 0. The number of nitriles is 1. The van der Waals surface area contributed by atoms with Crippen molar-refractivity contribution < 1.29 is 9.90 Å². The fourth-order valence-electron chi connectivity index (χ4n) is 5.05. The molecule has 1 aliphatic heterocycles. The molecule has 2 aromatic carbocycles. The monoisotopic (exact) mass is 541 g/mol. The number of hydrogen-bond acceptors (Lipinski definition) is 8. The fraction of sp³-hybridized carbons (Fsp3) is 0.276. The second kappa shape index (κ2) is 10.8. The van der Waals surface area contributed by atoms with Crippen molar-refractivity contribution in [1.29, 1.82) is 5.26 Å². The number of aryl methyl sites for hydroxylation is 2. The van der Waals surface area contributed by atoms with E-state index >= 15 is 0 Å². The Labute approximate surface area is 231 Å². The number of fused-ring (bicyclic) bond motifs is 1. The van der Waals surface area contributed by atoms with Gasteiger partial charge < -0.3 is 20.2 Å². The molecule has 0 aliphatic carbocycles.